The second kappa shape index (κ2) is 9.33. The molecule has 0 bridgehead atoms. The number of halogens is 6. The first-order valence-corrected chi connectivity index (χ1v) is 10.7. The summed E-state index contributed by atoms with van der Waals surface area (Å²) in [5.41, 5.74) is 0.120. The molecule has 1 aromatic heterocycles. The fraction of sp³-hybridized carbons (Fsp3) is 0.261. The molecule has 3 N–H and O–H groups in total. The minimum absolute atomic E-state index is 0.116. The van der Waals surface area contributed by atoms with Gasteiger partial charge < -0.3 is 9.80 Å². The topological polar surface area (TPSA) is 117 Å². The zero-order valence-corrected chi connectivity index (χ0v) is 18.8. The van der Waals surface area contributed by atoms with Crippen molar-refractivity contribution in [3.8, 4) is 0 Å². The predicted molar refractivity (Wildman–Crippen MR) is 121 cm³/mol. The van der Waals surface area contributed by atoms with Crippen molar-refractivity contribution in [2.24, 2.45) is 0 Å². The molecule has 0 saturated carbocycles. The van der Waals surface area contributed by atoms with Crippen LogP contribution in [0.15, 0.2) is 47.3 Å². The van der Waals surface area contributed by atoms with E-state index in [1.54, 1.807) is 24.3 Å². The van der Waals surface area contributed by atoms with E-state index >= 15 is 0 Å². The lowest BCUT2D eigenvalue weighted by Crippen LogP contribution is -2.60. The van der Waals surface area contributed by atoms with Crippen molar-refractivity contribution in [2.45, 2.75) is 18.5 Å². The highest BCUT2D eigenvalue weighted by molar-refractivity contribution is 6.05. The average Bonchev–Trinajstić information content (AvgIpc) is 2.85. The molecule has 3 aromatic rings. The maximum Gasteiger partial charge on any atom is 0.461 e. The number of H-pyrrole nitrogens is 1. The number of hydrogen-bond donors (Lipinski definition) is 3. The molecular formula is C23H18F6N6O2. The van der Waals surface area contributed by atoms with E-state index in [-0.39, 0.29) is 11.3 Å². The van der Waals surface area contributed by atoms with Gasteiger partial charge in [-0.1, -0.05) is 24.3 Å². The fourth-order valence-corrected chi connectivity index (χ4v) is 3.94. The normalized spacial score (nSPS) is 14.8. The molecule has 0 unspecified atom stereocenters. The van der Waals surface area contributed by atoms with Gasteiger partial charge in [-0.15, -0.1) is 0 Å². The van der Waals surface area contributed by atoms with Crippen LogP contribution in [0.2, 0.25) is 0 Å². The quantitative estimate of drug-likeness (QED) is 0.275. The number of nitrogens with zero attached hydrogens (tertiary/aromatic N) is 3. The van der Waals surface area contributed by atoms with Gasteiger partial charge in [-0.05, 0) is 23.8 Å². The first-order chi connectivity index (χ1) is 17.3. The smallest absolute Gasteiger partial charge is 0.329 e. The van der Waals surface area contributed by atoms with Crippen LogP contribution in [0.3, 0.4) is 0 Å². The summed E-state index contributed by atoms with van der Waals surface area (Å²) >= 11 is 0. The van der Waals surface area contributed by atoms with Gasteiger partial charge in [0.25, 0.3) is 11.5 Å². The summed E-state index contributed by atoms with van der Waals surface area (Å²) in [7, 11) is 0. The van der Waals surface area contributed by atoms with Gasteiger partial charge in [-0.3, -0.25) is 20.4 Å². The number of fused-ring (bicyclic) bond motifs is 1. The monoisotopic (exact) mass is 524 g/mol. The Morgan fingerprint density at radius 1 is 1.05 bits per heavy atom. The highest BCUT2D eigenvalue weighted by atomic mass is 19.4. The fourth-order valence-electron chi connectivity index (χ4n) is 3.94. The van der Waals surface area contributed by atoms with E-state index in [4.69, 9.17) is 10.8 Å². The first-order valence-electron chi connectivity index (χ1n) is 10.7. The summed E-state index contributed by atoms with van der Waals surface area (Å²) in [6.07, 6.45) is -5.90. The second-order valence-corrected chi connectivity index (χ2v) is 8.28. The number of benzene rings is 2. The Balaban J connectivity index is 1.54. The molecule has 8 nitrogen and oxygen atoms in total. The van der Waals surface area contributed by atoms with Crippen molar-refractivity contribution in [1.29, 1.82) is 10.8 Å². The van der Waals surface area contributed by atoms with Crippen LogP contribution in [0.25, 0.3) is 10.8 Å². The standard InChI is InChI=1S/C23H18F6N6O2/c24-16-6-5-12(10-17-13-3-1-2-4-14(13)19(36)33-32-17)9-15(16)20(37)34-7-8-35(18(30)11-34)21(31)22(25,26)23(27,28)29/h1-6,9,30-31H,7-8,10-11H2,(H,33,36). The summed E-state index contributed by atoms with van der Waals surface area (Å²) < 4.78 is 79.5. The minimum Gasteiger partial charge on any atom is -0.329 e. The highest BCUT2D eigenvalue weighted by Crippen LogP contribution is 2.37. The summed E-state index contributed by atoms with van der Waals surface area (Å²) in [4.78, 5) is 26.1. The molecule has 1 aliphatic heterocycles. The Labute approximate surface area is 204 Å². The van der Waals surface area contributed by atoms with Gasteiger partial charge in [0.1, 0.15) is 11.7 Å². The molecule has 2 aromatic carbocycles. The summed E-state index contributed by atoms with van der Waals surface area (Å²) in [6.45, 7) is -1.80. The Hall–Kier alpha value is -4.23. The molecular weight excluding hydrogens is 506 g/mol. The van der Waals surface area contributed by atoms with Gasteiger partial charge in [0.15, 0.2) is 5.84 Å². The van der Waals surface area contributed by atoms with Crippen LogP contribution < -0.4 is 5.56 Å². The molecule has 37 heavy (non-hydrogen) atoms. The van der Waals surface area contributed by atoms with Crippen LogP contribution in [0.4, 0.5) is 26.3 Å². The predicted octanol–water partition coefficient (Wildman–Crippen LogP) is 3.56. The number of rotatable bonds is 4. The third-order valence-corrected chi connectivity index (χ3v) is 5.88. The Bertz CT molecular complexity index is 1470. The van der Waals surface area contributed by atoms with E-state index in [0.717, 1.165) is 11.0 Å². The molecule has 0 radical (unpaired) electrons. The Morgan fingerprint density at radius 3 is 2.38 bits per heavy atom. The van der Waals surface area contributed by atoms with Crippen LogP contribution in [0.1, 0.15) is 21.6 Å². The second-order valence-electron chi connectivity index (χ2n) is 8.28. The van der Waals surface area contributed by atoms with Gasteiger partial charge in [-0.2, -0.15) is 27.1 Å². The lowest BCUT2D eigenvalue weighted by Gasteiger charge is -2.38. The van der Waals surface area contributed by atoms with Gasteiger partial charge in [0.2, 0.25) is 0 Å². The number of carbonyl (C=O) groups excluding carboxylic acids is 1. The molecule has 1 amide bonds. The highest BCUT2D eigenvalue weighted by Gasteiger charge is 2.62. The number of aromatic amines is 1. The van der Waals surface area contributed by atoms with Crippen molar-refractivity contribution in [3.05, 3.63) is 75.5 Å². The Morgan fingerprint density at radius 2 is 1.73 bits per heavy atom. The average molecular weight is 524 g/mol. The van der Waals surface area contributed by atoms with Crippen LogP contribution >= 0.6 is 0 Å². The summed E-state index contributed by atoms with van der Waals surface area (Å²) in [6, 6.07) is 10.4. The minimum atomic E-state index is -6.02. The van der Waals surface area contributed by atoms with Gasteiger partial charge in [0.05, 0.1) is 23.2 Å². The van der Waals surface area contributed by atoms with Crippen LogP contribution in [0.5, 0.6) is 0 Å². The third-order valence-electron chi connectivity index (χ3n) is 5.88. The molecule has 14 heteroatoms. The molecule has 1 fully saturated rings. The number of amides is 1. The lowest BCUT2D eigenvalue weighted by molar-refractivity contribution is -0.252. The summed E-state index contributed by atoms with van der Waals surface area (Å²) in [5, 5.41) is 22.5. The molecule has 2 heterocycles. The molecule has 0 aliphatic carbocycles. The van der Waals surface area contributed by atoms with E-state index in [9.17, 15) is 35.9 Å². The van der Waals surface area contributed by atoms with Crippen molar-refractivity contribution < 1.29 is 31.1 Å². The number of nitrogens with one attached hydrogen (secondary N) is 3. The maximum atomic E-state index is 14.6. The number of piperazine rings is 1. The number of alkyl halides is 5. The number of hydrogen-bond acceptors (Lipinski definition) is 5. The zero-order valence-electron chi connectivity index (χ0n) is 18.8. The Kier molecular flexibility index (Phi) is 6.52. The van der Waals surface area contributed by atoms with Crippen LogP contribution in [0, 0.1) is 16.6 Å². The largest absolute Gasteiger partial charge is 0.461 e. The van der Waals surface area contributed by atoms with E-state index in [1.165, 1.54) is 12.1 Å². The van der Waals surface area contributed by atoms with E-state index in [2.05, 4.69) is 10.2 Å². The molecule has 4 rings (SSSR count). The van der Waals surface area contributed by atoms with Gasteiger partial charge in [-0.25, -0.2) is 9.49 Å². The third kappa shape index (κ3) is 4.78. The maximum absolute atomic E-state index is 14.6. The number of carbonyl (C=O) groups is 1. The molecule has 1 aliphatic rings. The molecule has 0 atom stereocenters. The molecule has 0 spiro atoms. The SMILES string of the molecule is N=C1CN(C(=O)c2cc(Cc3n[nH]c(=O)c4ccccc34)ccc2F)CCN1C(=N)C(F)(F)C(F)(F)F. The number of amidine groups is 2. The van der Waals surface area contributed by atoms with E-state index in [0.29, 0.717) is 22.0 Å². The van der Waals surface area contributed by atoms with Gasteiger partial charge >= 0.3 is 12.1 Å². The van der Waals surface area contributed by atoms with E-state index < -0.39 is 66.3 Å². The van der Waals surface area contributed by atoms with Gasteiger partial charge in [0, 0.05) is 24.9 Å². The van der Waals surface area contributed by atoms with Crippen molar-refractivity contribution in [2.75, 3.05) is 19.6 Å². The van der Waals surface area contributed by atoms with Crippen LogP contribution in [-0.2, 0) is 6.42 Å². The lowest BCUT2D eigenvalue weighted by atomic mass is 10.0. The summed E-state index contributed by atoms with van der Waals surface area (Å²) in [5.74, 6) is -10.2. The first kappa shape index (κ1) is 25.9. The van der Waals surface area contributed by atoms with Crippen molar-refractivity contribution in [3.63, 3.8) is 0 Å². The molecule has 1 saturated heterocycles. The van der Waals surface area contributed by atoms with Crippen molar-refractivity contribution >= 4 is 28.4 Å². The zero-order chi connectivity index (χ0) is 27.1. The molecule has 194 valence electrons. The van der Waals surface area contributed by atoms with E-state index in [1.807, 2.05) is 0 Å². The van der Waals surface area contributed by atoms with Crippen LogP contribution in [-0.4, -0.2) is 69.3 Å². The van der Waals surface area contributed by atoms with Crippen molar-refractivity contribution in [1.82, 2.24) is 20.0 Å². The number of aromatic nitrogens is 2.